The molecule has 4 heteroatoms. The van der Waals surface area contributed by atoms with Crippen LogP contribution in [0.2, 0.25) is 0 Å². The van der Waals surface area contributed by atoms with E-state index in [1.165, 1.54) is 32.4 Å². The number of nitrogens with one attached hydrogen (secondary N) is 1. The summed E-state index contributed by atoms with van der Waals surface area (Å²) in [6.45, 7) is 7.02. The zero-order chi connectivity index (χ0) is 14.8. The third-order valence-electron chi connectivity index (χ3n) is 5.27. The lowest BCUT2D eigenvalue weighted by atomic mass is 9.97. The normalized spacial score (nSPS) is 35.5. The summed E-state index contributed by atoms with van der Waals surface area (Å²) in [4.78, 5) is 5.03. The predicted octanol–water partition coefficient (Wildman–Crippen LogP) is 1.29. The predicted molar refractivity (Wildman–Crippen MR) is 84.0 cm³/mol. The lowest BCUT2D eigenvalue weighted by Gasteiger charge is -2.34. The van der Waals surface area contributed by atoms with Crippen molar-refractivity contribution in [3.05, 3.63) is 0 Å². The molecule has 20 heavy (non-hydrogen) atoms. The van der Waals surface area contributed by atoms with E-state index in [0.29, 0.717) is 12.1 Å². The quantitative estimate of drug-likeness (QED) is 0.770. The molecule has 0 aromatic carbocycles. The van der Waals surface area contributed by atoms with Crippen molar-refractivity contribution in [2.45, 2.75) is 69.6 Å². The SMILES string of the molecule is CC(C)NC1(CO)CCC(N(C)CC2CCCN2C)C1. The summed E-state index contributed by atoms with van der Waals surface area (Å²) in [5.41, 5.74) is -0.0470. The molecule has 1 saturated carbocycles. The number of aliphatic hydroxyl groups excluding tert-OH is 1. The molecule has 0 spiro atoms. The van der Waals surface area contributed by atoms with Crippen molar-refractivity contribution in [2.75, 3.05) is 33.8 Å². The van der Waals surface area contributed by atoms with Gasteiger partial charge in [-0.15, -0.1) is 0 Å². The third kappa shape index (κ3) is 3.73. The van der Waals surface area contributed by atoms with Gasteiger partial charge in [0.2, 0.25) is 0 Å². The van der Waals surface area contributed by atoms with Crippen molar-refractivity contribution in [1.82, 2.24) is 15.1 Å². The average molecular weight is 283 g/mol. The molecule has 118 valence electrons. The van der Waals surface area contributed by atoms with Crippen LogP contribution in [0.4, 0.5) is 0 Å². The molecule has 4 nitrogen and oxygen atoms in total. The van der Waals surface area contributed by atoms with Gasteiger partial charge in [0.25, 0.3) is 0 Å². The molecule has 2 fully saturated rings. The fourth-order valence-corrected chi connectivity index (χ4v) is 4.10. The van der Waals surface area contributed by atoms with Crippen LogP contribution in [0.25, 0.3) is 0 Å². The van der Waals surface area contributed by atoms with E-state index in [2.05, 4.69) is 43.1 Å². The van der Waals surface area contributed by atoms with Crippen LogP contribution in [0, 0.1) is 0 Å². The molecule has 1 aliphatic heterocycles. The van der Waals surface area contributed by atoms with Crippen LogP contribution in [-0.2, 0) is 0 Å². The monoisotopic (exact) mass is 283 g/mol. The molecule has 2 aliphatic rings. The summed E-state index contributed by atoms with van der Waals surface area (Å²) < 4.78 is 0. The van der Waals surface area contributed by atoms with E-state index < -0.39 is 0 Å². The summed E-state index contributed by atoms with van der Waals surface area (Å²) >= 11 is 0. The zero-order valence-electron chi connectivity index (χ0n) is 13.7. The topological polar surface area (TPSA) is 38.7 Å². The fourth-order valence-electron chi connectivity index (χ4n) is 4.10. The molecule has 3 unspecified atom stereocenters. The van der Waals surface area contributed by atoms with Crippen molar-refractivity contribution in [3.63, 3.8) is 0 Å². The second-order valence-corrected chi connectivity index (χ2v) is 7.35. The molecule has 1 heterocycles. The maximum Gasteiger partial charge on any atom is 0.0614 e. The number of likely N-dealkylation sites (tertiary alicyclic amines) is 1. The van der Waals surface area contributed by atoms with Gasteiger partial charge in [-0.05, 0) is 52.7 Å². The maximum atomic E-state index is 9.80. The molecule has 3 atom stereocenters. The Kier molecular flexibility index (Phi) is 5.46. The van der Waals surface area contributed by atoms with Gasteiger partial charge in [-0.2, -0.15) is 0 Å². The van der Waals surface area contributed by atoms with Crippen molar-refractivity contribution in [1.29, 1.82) is 0 Å². The van der Waals surface area contributed by atoms with Gasteiger partial charge in [0, 0.05) is 30.2 Å². The minimum atomic E-state index is -0.0470. The van der Waals surface area contributed by atoms with E-state index in [0.717, 1.165) is 18.9 Å². The molecule has 0 bridgehead atoms. The number of hydrogen-bond donors (Lipinski definition) is 2. The summed E-state index contributed by atoms with van der Waals surface area (Å²) in [5, 5.41) is 13.4. The number of aliphatic hydroxyl groups is 1. The highest BCUT2D eigenvalue weighted by Gasteiger charge is 2.40. The summed E-state index contributed by atoms with van der Waals surface area (Å²) in [6.07, 6.45) is 6.05. The van der Waals surface area contributed by atoms with Crippen LogP contribution in [0.15, 0.2) is 0 Å². The first-order chi connectivity index (χ1) is 9.46. The highest BCUT2D eigenvalue weighted by molar-refractivity contribution is 5.00. The van der Waals surface area contributed by atoms with Gasteiger partial charge in [0.1, 0.15) is 0 Å². The second kappa shape index (κ2) is 6.73. The average Bonchev–Trinajstić information content (AvgIpc) is 2.97. The molecule has 1 saturated heterocycles. The Bertz CT molecular complexity index is 310. The third-order valence-corrected chi connectivity index (χ3v) is 5.27. The molecule has 0 radical (unpaired) electrons. The number of hydrogen-bond acceptors (Lipinski definition) is 4. The summed E-state index contributed by atoms with van der Waals surface area (Å²) in [5.74, 6) is 0. The van der Waals surface area contributed by atoms with Gasteiger partial charge >= 0.3 is 0 Å². The first-order valence-electron chi connectivity index (χ1n) is 8.25. The lowest BCUT2D eigenvalue weighted by molar-refractivity contribution is 0.134. The zero-order valence-corrected chi connectivity index (χ0v) is 13.7. The minimum Gasteiger partial charge on any atom is -0.394 e. The van der Waals surface area contributed by atoms with Gasteiger partial charge in [-0.3, -0.25) is 0 Å². The Morgan fingerprint density at radius 3 is 2.70 bits per heavy atom. The Morgan fingerprint density at radius 1 is 1.40 bits per heavy atom. The molecule has 2 rings (SSSR count). The Morgan fingerprint density at radius 2 is 2.15 bits per heavy atom. The number of rotatable bonds is 6. The van der Waals surface area contributed by atoms with Crippen molar-refractivity contribution < 1.29 is 5.11 Å². The van der Waals surface area contributed by atoms with E-state index in [1.807, 2.05) is 0 Å². The van der Waals surface area contributed by atoms with Crippen LogP contribution < -0.4 is 5.32 Å². The molecule has 1 aliphatic carbocycles. The molecular formula is C16H33N3O. The molecule has 2 N–H and O–H groups in total. The van der Waals surface area contributed by atoms with Crippen molar-refractivity contribution in [3.8, 4) is 0 Å². The van der Waals surface area contributed by atoms with Crippen LogP contribution in [0.5, 0.6) is 0 Å². The van der Waals surface area contributed by atoms with Gasteiger partial charge in [0.15, 0.2) is 0 Å². The van der Waals surface area contributed by atoms with E-state index in [1.54, 1.807) is 0 Å². The molecule has 0 aromatic rings. The second-order valence-electron chi connectivity index (χ2n) is 7.35. The Labute approximate surface area is 124 Å². The molecule has 0 aromatic heterocycles. The van der Waals surface area contributed by atoms with E-state index in [-0.39, 0.29) is 12.1 Å². The fraction of sp³-hybridized carbons (Fsp3) is 1.00. The summed E-state index contributed by atoms with van der Waals surface area (Å²) in [6, 6.07) is 1.77. The van der Waals surface area contributed by atoms with Gasteiger partial charge in [-0.1, -0.05) is 13.8 Å². The van der Waals surface area contributed by atoms with Crippen molar-refractivity contribution in [2.24, 2.45) is 0 Å². The van der Waals surface area contributed by atoms with E-state index in [4.69, 9.17) is 0 Å². The van der Waals surface area contributed by atoms with Gasteiger partial charge in [-0.25, -0.2) is 0 Å². The highest BCUT2D eigenvalue weighted by atomic mass is 16.3. The maximum absolute atomic E-state index is 9.80. The minimum absolute atomic E-state index is 0.0470. The Hall–Kier alpha value is -0.160. The highest BCUT2D eigenvalue weighted by Crippen LogP contribution is 2.33. The first-order valence-corrected chi connectivity index (χ1v) is 8.25. The van der Waals surface area contributed by atoms with Gasteiger partial charge < -0.3 is 20.2 Å². The molecular weight excluding hydrogens is 250 g/mol. The standard InChI is InChI=1S/C16H33N3O/c1-13(2)17-16(12-20)8-7-14(10-16)19(4)11-15-6-5-9-18(15)3/h13-15,17,20H,5-12H2,1-4H3. The van der Waals surface area contributed by atoms with E-state index in [9.17, 15) is 5.11 Å². The number of nitrogens with zero attached hydrogens (tertiary/aromatic N) is 2. The van der Waals surface area contributed by atoms with Crippen LogP contribution in [0.1, 0.15) is 46.0 Å². The first kappa shape index (κ1) is 16.2. The van der Waals surface area contributed by atoms with E-state index >= 15 is 0 Å². The van der Waals surface area contributed by atoms with Crippen LogP contribution in [0.3, 0.4) is 0 Å². The lowest BCUT2D eigenvalue weighted by Crippen LogP contribution is -2.51. The van der Waals surface area contributed by atoms with Gasteiger partial charge in [0.05, 0.1) is 6.61 Å². The van der Waals surface area contributed by atoms with Crippen molar-refractivity contribution >= 4 is 0 Å². The van der Waals surface area contributed by atoms with Crippen LogP contribution >= 0.6 is 0 Å². The smallest absolute Gasteiger partial charge is 0.0614 e. The summed E-state index contributed by atoms with van der Waals surface area (Å²) in [7, 11) is 4.51. The largest absolute Gasteiger partial charge is 0.394 e. The van der Waals surface area contributed by atoms with Crippen LogP contribution in [-0.4, -0.2) is 72.4 Å². The Balaban J connectivity index is 1.87. The number of likely N-dealkylation sites (N-methyl/N-ethyl adjacent to an activating group) is 2. The molecule has 0 amide bonds.